The molecule has 110 valence electrons. The van der Waals surface area contributed by atoms with Crippen molar-refractivity contribution < 1.29 is 13.9 Å². The van der Waals surface area contributed by atoms with Crippen LogP contribution in [-0.4, -0.2) is 12.0 Å². The smallest absolute Gasteiger partial charge is 0.255 e. The first-order chi connectivity index (χ1) is 10.1. The average molecular weight is 287 g/mol. The van der Waals surface area contributed by atoms with Crippen molar-refractivity contribution in [3.63, 3.8) is 0 Å². The minimum absolute atomic E-state index is 0.0786. The number of halogens is 1. The van der Waals surface area contributed by atoms with Crippen molar-refractivity contribution in [2.24, 2.45) is 0 Å². The number of carbonyl (C=O) groups excluding carboxylic acids is 1. The molecule has 1 atom stereocenters. The van der Waals surface area contributed by atoms with Gasteiger partial charge in [-0.25, -0.2) is 4.39 Å². The Morgan fingerprint density at radius 2 is 2.00 bits per heavy atom. The number of amides is 1. The number of ether oxygens (including phenoxy) is 1. The summed E-state index contributed by atoms with van der Waals surface area (Å²) in [4.78, 5) is 12.1. The lowest BCUT2D eigenvalue weighted by Gasteiger charge is -2.13. The van der Waals surface area contributed by atoms with Crippen molar-refractivity contribution in [1.29, 1.82) is 0 Å². The third-order valence-electron chi connectivity index (χ3n) is 3.13. The summed E-state index contributed by atoms with van der Waals surface area (Å²) in [7, 11) is 0. The normalized spacial score (nSPS) is 11.8. The maximum Gasteiger partial charge on any atom is 0.255 e. The van der Waals surface area contributed by atoms with Crippen LogP contribution in [0.4, 0.5) is 10.1 Å². The molecule has 3 nitrogen and oxygen atoms in total. The van der Waals surface area contributed by atoms with Crippen molar-refractivity contribution in [3.05, 3.63) is 59.9 Å². The molecule has 0 fully saturated rings. The van der Waals surface area contributed by atoms with Gasteiger partial charge in [-0.05, 0) is 43.7 Å². The highest BCUT2D eigenvalue weighted by Gasteiger charge is 2.10. The van der Waals surface area contributed by atoms with Crippen molar-refractivity contribution in [2.75, 3.05) is 5.32 Å². The summed E-state index contributed by atoms with van der Waals surface area (Å²) in [5, 5.41) is 2.55. The van der Waals surface area contributed by atoms with Crippen LogP contribution in [0, 0.1) is 5.82 Å². The van der Waals surface area contributed by atoms with Gasteiger partial charge in [0.2, 0.25) is 0 Å². The molecule has 0 saturated carbocycles. The van der Waals surface area contributed by atoms with Crippen molar-refractivity contribution in [1.82, 2.24) is 0 Å². The predicted octanol–water partition coefficient (Wildman–Crippen LogP) is 4.26. The first kappa shape index (κ1) is 15.0. The molecular formula is C17H18FNO2. The Morgan fingerprint density at radius 3 is 2.71 bits per heavy atom. The maximum absolute atomic E-state index is 13.5. The summed E-state index contributed by atoms with van der Waals surface area (Å²) in [6.07, 6.45) is 0.959. The fraction of sp³-hybridized carbons (Fsp3) is 0.235. The number of benzene rings is 2. The van der Waals surface area contributed by atoms with E-state index in [9.17, 15) is 9.18 Å². The van der Waals surface area contributed by atoms with Crippen molar-refractivity contribution >= 4 is 11.6 Å². The van der Waals surface area contributed by atoms with Crippen LogP contribution in [0.5, 0.6) is 5.75 Å². The van der Waals surface area contributed by atoms with E-state index in [1.54, 1.807) is 36.4 Å². The summed E-state index contributed by atoms with van der Waals surface area (Å²) in [5.74, 6) is -0.196. The van der Waals surface area contributed by atoms with Crippen LogP contribution in [0.1, 0.15) is 30.6 Å². The molecule has 0 aromatic heterocycles. The molecule has 1 unspecified atom stereocenters. The third-order valence-corrected chi connectivity index (χ3v) is 3.13. The van der Waals surface area contributed by atoms with Crippen LogP contribution < -0.4 is 10.1 Å². The third kappa shape index (κ3) is 4.05. The molecule has 21 heavy (non-hydrogen) atoms. The lowest BCUT2D eigenvalue weighted by atomic mass is 10.2. The minimum atomic E-state index is -0.460. The van der Waals surface area contributed by atoms with Gasteiger partial charge in [-0.3, -0.25) is 4.79 Å². The SMILES string of the molecule is CCC(C)Oc1cccc(C(=O)Nc2ccccc2F)c1. The molecule has 4 heteroatoms. The van der Waals surface area contributed by atoms with Gasteiger partial charge < -0.3 is 10.1 Å². The van der Waals surface area contributed by atoms with Crippen LogP contribution in [0.25, 0.3) is 0 Å². The molecule has 2 rings (SSSR count). The zero-order valence-corrected chi connectivity index (χ0v) is 12.1. The van der Waals surface area contributed by atoms with Gasteiger partial charge in [0.15, 0.2) is 0 Å². The summed E-state index contributed by atoms with van der Waals surface area (Å²) in [6.45, 7) is 3.99. The Balaban J connectivity index is 2.12. The summed E-state index contributed by atoms with van der Waals surface area (Å²) in [6, 6.07) is 12.9. The summed E-state index contributed by atoms with van der Waals surface area (Å²) < 4.78 is 19.2. The Morgan fingerprint density at radius 1 is 1.24 bits per heavy atom. The second-order valence-electron chi connectivity index (χ2n) is 4.80. The van der Waals surface area contributed by atoms with E-state index in [-0.39, 0.29) is 17.7 Å². The molecule has 0 saturated heterocycles. The quantitative estimate of drug-likeness (QED) is 0.892. The van der Waals surface area contributed by atoms with Crippen LogP contribution in [0.3, 0.4) is 0 Å². The molecule has 0 radical (unpaired) electrons. The second-order valence-corrected chi connectivity index (χ2v) is 4.80. The van der Waals surface area contributed by atoms with Gasteiger partial charge in [0.1, 0.15) is 11.6 Å². The molecule has 0 aliphatic heterocycles. The zero-order chi connectivity index (χ0) is 15.2. The number of anilines is 1. The van der Waals surface area contributed by atoms with Crippen LogP contribution in [0.2, 0.25) is 0 Å². The van der Waals surface area contributed by atoms with Crippen LogP contribution in [-0.2, 0) is 0 Å². The molecule has 2 aromatic rings. The van der Waals surface area contributed by atoms with E-state index < -0.39 is 5.82 Å². The van der Waals surface area contributed by atoms with Crippen LogP contribution in [0.15, 0.2) is 48.5 Å². The van der Waals surface area contributed by atoms with Gasteiger partial charge in [-0.2, -0.15) is 0 Å². The van der Waals surface area contributed by atoms with Gasteiger partial charge in [0.25, 0.3) is 5.91 Å². The molecule has 0 aliphatic rings. The second kappa shape index (κ2) is 6.88. The van der Waals surface area contributed by atoms with Gasteiger partial charge in [0, 0.05) is 5.56 Å². The van der Waals surface area contributed by atoms with Gasteiger partial charge in [0.05, 0.1) is 11.8 Å². The van der Waals surface area contributed by atoms with E-state index >= 15 is 0 Å². The Bertz CT molecular complexity index is 628. The topological polar surface area (TPSA) is 38.3 Å². The zero-order valence-electron chi connectivity index (χ0n) is 12.1. The maximum atomic E-state index is 13.5. The molecule has 1 amide bonds. The molecule has 0 heterocycles. The summed E-state index contributed by atoms with van der Waals surface area (Å²) >= 11 is 0. The van der Waals surface area contributed by atoms with Crippen molar-refractivity contribution in [2.45, 2.75) is 26.4 Å². The lowest BCUT2D eigenvalue weighted by molar-refractivity contribution is 0.102. The van der Waals surface area contributed by atoms with Crippen molar-refractivity contribution in [3.8, 4) is 5.75 Å². The monoisotopic (exact) mass is 287 g/mol. The van der Waals surface area contributed by atoms with E-state index in [1.807, 2.05) is 13.8 Å². The van der Waals surface area contributed by atoms with E-state index in [2.05, 4.69) is 5.32 Å². The van der Waals surface area contributed by atoms with Gasteiger partial charge >= 0.3 is 0 Å². The molecule has 0 spiro atoms. The first-order valence-corrected chi connectivity index (χ1v) is 6.92. The molecule has 2 aromatic carbocycles. The fourth-order valence-electron chi connectivity index (χ4n) is 1.78. The van der Waals surface area contributed by atoms with E-state index in [0.717, 1.165) is 6.42 Å². The number of carbonyl (C=O) groups is 1. The van der Waals surface area contributed by atoms with Crippen LogP contribution >= 0.6 is 0 Å². The standard InChI is InChI=1S/C17H18FNO2/c1-3-12(2)21-14-8-6-7-13(11-14)17(20)19-16-10-5-4-9-15(16)18/h4-12H,3H2,1-2H3,(H,19,20). The first-order valence-electron chi connectivity index (χ1n) is 6.92. The Labute approximate surface area is 123 Å². The molecule has 0 aliphatic carbocycles. The minimum Gasteiger partial charge on any atom is -0.491 e. The van der Waals surface area contributed by atoms with Gasteiger partial charge in [-0.15, -0.1) is 0 Å². The number of hydrogen-bond donors (Lipinski definition) is 1. The number of hydrogen-bond acceptors (Lipinski definition) is 2. The highest BCUT2D eigenvalue weighted by atomic mass is 19.1. The highest BCUT2D eigenvalue weighted by molar-refractivity contribution is 6.04. The highest BCUT2D eigenvalue weighted by Crippen LogP contribution is 2.18. The number of rotatable bonds is 5. The number of nitrogens with one attached hydrogen (secondary N) is 1. The Kier molecular flexibility index (Phi) is 4.93. The average Bonchev–Trinajstić information content (AvgIpc) is 2.49. The molecular weight excluding hydrogens is 269 g/mol. The largest absolute Gasteiger partial charge is 0.491 e. The van der Waals surface area contributed by atoms with E-state index in [0.29, 0.717) is 11.3 Å². The molecule has 0 bridgehead atoms. The van der Waals surface area contributed by atoms with E-state index in [4.69, 9.17) is 4.74 Å². The lowest BCUT2D eigenvalue weighted by Crippen LogP contribution is -2.14. The Hall–Kier alpha value is -2.36. The number of para-hydroxylation sites is 1. The predicted molar refractivity (Wildman–Crippen MR) is 81.2 cm³/mol. The molecule has 1 N–H and O–H groups in total. The summed E-state index contributed by atoms with van der Waals surface area (Å²) in [5.41, 5.74) is 0.592. The fourth-order valence-corrected chi connectivity index (χ4v) is 1.78. The van der Waals surface area contributed by atoms with E-state index in [1.165, 1.54) is 12.1 Å². The van der Waals surface area contributed by atoms with Gasteiger partial charge in [-0.1, -0.05) is 25.1 Å².